The maximum absolute atomic E-state index is 12.4. The van der Waals surface area contributed by atoms with E-state index in [9.17, 15) is 9.59 Å². The van der Waals surface area contributed by atoms with Gasteiger partial charge in [-0.05, 0) is 37.8 Å². The van der Waals surface area contributed by atoms with Crippen LogP contribution < -0.4 is 5.32 Å². The topological polar surface area (TPSA) is 90.0 Å². The molecule has 1 aliphatic carbocycles. The lowest BCUT2D eigenvalue weighted by Gasteiger charge is -2.25. The van der Waals surface area contributed by atoms with Crippen LogP contribution in [0, 0.1) is 5.92 Å². The third-order valence-electron chi connectivity index (χ3n) is 5.10. The van der Waals surface area contributed by atoms with Crippen molar-refractivity contribution in [3.05, 3.63) is 18.4 Å². The van der Waals surface area contributed by atoms with Crippen LogP contribution in [0.3, 0.4) is 0 Å². The highest BCUT2D eigenvalue weighted by atomic mass is 32.2. The lowest BCUT2D eigenvalue weighted by Crippen LogP contribution is -2.44. The molecule has 1 atom stereocenters. The zero-order valence-electron chi connectivity index (χ0n) is 16.7. The summed E-state index contributed by atoms with van der Waals surface area (Å²) in [5, 5.41) is 12.2. The van der Waals surface area contributed by atoms with E-state index < -0.39 is 6.04 Å². The second-order valence-electron chi connectivity index (χ2n) is 7.63. The van der Waals surface area contributed by atoms with Crippen LogP contribution in [0.5, 0.6) is 0 Å². The number of hydrogen-bond acceptors (Lipinski definition) is 6. The molecule has 0 radical (unpaired) electrons. The molecule has 0 bridgehead atoms. The van der Waals surface area contributed by atoms with Crippen LogP contribution in [0.2, 0.25) is 0 Å². The first-order chi connectivity index (χ1) is 13.5. The van der Waals surface area contributed by atoms with Gasteiger partial charge in [0.25, 0.3) is 0 Å². The molecule has 2 aromatic heterocycles. The summed E-state index contributed by atoms with van der Waals surface area (Å²) in [7, 11) is 0. The van der Waals surface area contributed by atoms with E-state index in [2.05, 4.69) is 20.1 Å². The first-order valence-electron chi connectivity index (χ1n) is 9.88. The number of furan rings is 1. The summed E-state index contributed by atoms with van der Waals surface area (Å²) >= 11 is 1.36. The van der Waals surface area contributed by atoms with Gasteiger partial charge in [-0.25, -0.2) is 0 Å². The second kappa shape index (κ2) is 9.41. The number of Topliss-reactive ketones (excluding diaryl/α,β-unsaturated/α-hetero) is 1. The standard InChI is InChI=1S/C20H28N4O3S/c1-13(2)18(14(3)25)21-17(26)12-28-20-23-22-19(16-10-7-11-27-16)24(20)15-8-5-4-6-9-15/h7,10-11,13,15,18H,4-6,8-9,12H2,1-3H3,(H,21,26). The van der Waals surface area contributed by atoms with E-state index in [4.69, 9.17) is 4.42 Å². The van der Waals surface area contributed by atoms with Gasteiger partial charge >= 0.3 is 0 Å². The number of nitrogens with zero attached hydrogens (tertiary/aromatic N) is 3. The van der Waals surface area contributed by atoms with E-state index in [0.717, 1.165) is 18.0 Å². The highest BCUT2D eigenvalue weighted by molar-refractivity contribution is 7.99. The molecule has 1 amide bonds. The van der Waals surface area contributed by atoms with Crippen LogP contribution in [-0.4, -0.2) is 38.2 Å². The molecule has 0 spiro atoms. The Balaban J connectivity index is 1.74. The maximum atomic E-state index is 12.4. The molecule has 0 aliphatic heterocycles. The Bertz CT molecular complexity index is 794. The Morgan fingerprint density at radius 2 is 2.04 bits per heavy atom. The van der Waals surface area contributed by atoms with Crippen molar-refractivity contribution in [1.29, 1.82) is 0 Å². The molecule has 7 nitrogen and oxygen atoms in total. The normalized spacial score (nSPS) is 16.3. The summed E-state index contributed by atoms with van der Waals surface area (Å²) in [6.07, 6.45) is 7.39. The summed E-state index contributed by atoms with van der Waals surface area (Å²) in [5.74, 6) is 1.45. The average molecular weight is 405 g/mol. The van der Waals surface area contributed by atoms with Crippen molar-refractivity contribution in [2.45, 2.75) is 70.1 Å². The highest BCUT2D eigenvalue weighted by Gasteiger charge is 2.26. The fraction of sp³-hybridized carbons (Fsp3) is 0.600. The Labute approximate surface area is 169 Å². The molecular weight excluding hydrogens is 376 g/mol. The molecule has 28 heavy (non-hydrogen) atoms. The first kappa shape index (κ1) is 20.6. The van der Waals surface area contributed by atoms with E-state index >= 15 is 0 Å². The number of rotatable bonds is 8. The maximum Gasteiger partial charge on any atom is 0.231 e. The van der Waals surface area contributed by atoms with Crippen molar-refractivity contribution in [3.63, 3.8) is 0 Å². The Morgan fingerprint density at radius 1 is 1.29 bits per heavy atom. The monoisotopic (exact) mass is 404 g/mol. The average Bonchev–Trinajstić information content (AvgIpc) is 3.33. The van der Waals surface area contributed by atoms with Crippen LogP contribution in [0.4, 0.5) is 0 Å². The molecule has 1 saturated carbocycles. The fourth-order valence-electron chi connectivity index (χ4n) is 3.70. The molecular formula is C20H28N4O3S. The van der Waals surface area contributed by atoms with Crippen LogP contribution in [0.1, 0.15) is 58.9 Å². The number of ketones is 1. The van der Waals surface area contributed by atoms with Gasteiger partial charge < -0.3 is 9.73 Å². The number of thioether (sulfide) groups is 1. The quantitative estimate of drug-likeness (QED) is 0.672. The van der Waals surface area contributed by atoms with Gasteiger partial charge in [-0.1, -0.05) is 44.9 Å². The van der Waals surface area contributed by atoms with Gasteiger partial charge in [0.15, 0.2) is 16.7 Å². The van der Waals surface area contributed by atoms with Crippen LogP contribution in [-0.2, 0) is 9.59 Å². The third-order valence-corrected chi connectivity index (χ3v) is 6.04. The lowest BCUT2D eigenvalue weighted by molar-refractivity contribution is -0.126. The summed E-state index contributed by atoms with van der Waals surface area (Å²) < 4.78 is 7.67. The van der Waals surface area contributed by atoms with E-state index in [-0.39, 0.29) is 23.4 Å². The highest BCUT2D eigenvalue weighted by Crippen LogP contribution is 2.35. The largest absolute Gasteiger partial charge is 0.461 e. The van der Waals surface area contributed by atoms with Gasteiger partial charge in [-0.2, -0.15) is 0 Å². The first-order valence-corrected chi connectivity index (χ1v) is 10.9. The molecule has 1 unspecified atom stereocenters. The smallest absolute Gasteiger partial charge is 0.231 e. The fourth-order valence-corrected chi connectivity index (χ4v) is 4.52. The van der Waals surface area contributed by atoms with E-state index in [0.29, 0.717) is 17.6 Å². The van der Waals surface area contributed by atoms with E-state index in [1.54, 1.807) is 6.26 Å². The van der Waals surface area contributed by atoms with E-state index in [1.165, 1.54) is 37.9 Å². The van der Waals surface area contributed by atoms with Gasteiger partial charge in [0.1, 0.15) is 0 Å². The number of aromatic nitrogens is 3. The molecule has 0 saturated heterocycles. The SMILES string of the molecule is CC(=O)C(NC(=O)CSc1nnc(-c2ccco2)n1C1CCCCC1)C(C)C. The minimum absolute atomic E-state index is 0.0289. The molecule has 1 aliphatic rings. The Morgan fingerprint density at radius 3 is 2.64 bits per heavy atom. The molecule has 3 rings (SSSR count). The van der Waals surface area contributed by atoms with Gasteiger partial charge in [0, 0.05) is 6.04 Å². The predicted octanol–water partition coefficient (Wildman–Crippen LogP) is 3.87. The van der Waals surface area contributed by atoms with Crippen molar-refractivity contribution in [3.8, 4) is 11.6 Å². The summed E-state index contributed by atoms with van der Waals surface area (Å²) in [5.41, 5.74) is 0. The molecule has 2 aromatic rings. The van der Waals surface area contributed by atoms with E-state index in [1.807, 2.05) is 26.0 Å². The molecule has 0 aromatic carbocycles. The Kier molecular flexibility index (Phi) is 6.93. The summed E-state index contributed by atoms with van der Waals surface area (Å²) in [6, 6.07) is 3.58. The summed E-state index contributed by atoms with van der Waals surface area (Å²) in [4.78, 5) is 24.1. The zero-order valence-corrected chi connectivity index (χ0v) is 17.5. The second-order valence-corrected chi connectivity index (χ2v) is 8.58. The van der Waals surface area contributed by atoms with Crippen molar-refractivity contribution in [2.24, 2.45) is 5.92 Å². The molecule has 1 fully saturated rings. The lowest BCUT2D eigenvalue weighted by atomic mass is 9.95. The predicted molar refractivity (Wildman–Crippen MR) is 108 cm³/mol. The zero-order chi connectivity index (χ0) is 20.1. The van der Waals surface area contributed by atoms with Crippen molar-refractivity contribution >= 4 is 23.5 Å². The van der Waals surface area contributed by atoms with Gasteiger partial charge in [0.2, 0.25) is 11.7 Å². The van der Waals surface area contributed by atoms with Crippen LogP contribution >= 0.6 is 11.8 Å². The third kappa shape index (κ3) is 4.84. The number of amides is 1. The number of nitrogens with one attached hydrogen (secondary N) is 1. The van der Waals surface area contributed by atoms with Crippen molar-refractivity contribution in [2.75, 3.05) is 5.75 Å². The molecule has 152 valence electrons. The minimum Gasteiger partial charge on any atom is -0.461 e. The van der Waals surface area contributed by atoms with Crippen LogP contribution in [0.15, 0.2) is 28.0 Å². The molecule has 8 heteroatoms. The van der Waals surface area contributed by atoms with Crippen LogP contribution in [0.25, 0.3) is 11.6 Å². The number of carbonyl (C=O) groups excluding carboxylic acids is 2. The summed E-state index contributed by atoms with van der Waals surface area (Å²) in [6.45, 7) is 5.36. The van der Waals surface area contributed by atoms with Gasteiger partial charge in [-0.15, -0.1) is 10.2 Å². The van der Waals surface area contributed by atoms with Gasteiger partial charge in [-0.3, -0.25) is 14.2 Å². The molecule has 2 heterocycles. The number of hydrogen-bond donors (Lipinski definition) is 1. The molecule has 1 N–H and O–H groups in total. The van der Waals surface area contributed by atoms with Gasteiger partial charge in [0.05, 0.1) is 18.1 Å². The minimum atomic E-state index is -0.456. The van der Waals surface area contributed by atoms with Crippen molar-refractivity contribution in [1.82, 2.24) is 20.1 Å². The van der Waals surface area contributed by atoms with Crippen molar-refractivity contribution < 1.29 is 14.0 Å². The number of carbonyl (C=O) groups is 2. The Hall–Kier alpha value is -2.09.